The Labute approximate surface area is 203 Å². The van der Waals surface area contributed by atoms with E-state index in [1.807, 2.05) is 43.1 Å². The van der Waals surface area contributed by atoms with Crippen molar-refractivity contribution in [3.8, 4) is 11.1 Å². The van der Waals surface area contributed by atoms with E-state index >= 15 is 0 Å². The van der Waals surface area contributed by atoms with Gasteiger partial charge in [0.05, 0.1) is 10.5 Å². The van der Waals surface area contributed by atoms with Crippen molar-refractivity contribution >= 4 is 40.1 Å². The molecule has 6 nitrogen and oxygen atoms in total. The average Bonchev–Trinajstić information content (AvgIpc) is 2.82. The number of likely N-dealkylation sites (N-methyl/N-ethyl adjacent to an activating group) is 1. The van der Waals surface area contributed by atoms with Crippen molar-refractivity contribution in [3.63, 3.8) is 0 Å². The molecule has 0 bridgehead atoms. The van der Waals surface area contributed by atoms with Crippen molar-refractivity contribution in [3.05, 3.63) is 59.5 Å². The van der Waals surface area contributed by atoms with Crippen molar-refractivity contribution in [2.75, 3.05) is 25.0 Å². The predicted molar refractivity (Wildman–Crippen MR) is 132 cm³/mol. The average molecular weight is 484 g/mol. The van der Waals surface area contributed by atoms with Gasteiger partial charge in [0.1, 0.15) is 11.9 Å². The lowest BCUT2D eigenvalue weighted by molar-refractivity contribution is -0.141. The first-order valence-corrected chi connectivity index (χ1v) is 11.7. The molecule has 1 fully saturated rings. The van der Waals surface area contributed by atoms with E-state index in [4.69, 9.17) is 16.7 Å². The molecule has 8 heteroatoms. The Bertz CT molecular complexity index is 1240. The fraction of sp³-hybridized carbons (Fsp3) is 0.346. The molecule has 1 aliphatic heterocycles. The number of hydrogen-bond acceptors (Lipinski definition) is 4. The van der Waals surface area contributed by atoms with E-state index < -0.39 is 17.8 Å². The number of rotatable bonds is 6. The number of pyridine rings is 1. The number of carboxylic acid groups (broad SMARTS) is 1. The summed E-state index contributed by atoms with van der Waals surface area (Å²) in [6, 6.07) is 11.5. The molecule has 34 heavy (non-hydrogen) atoms. The van der Waals surface area contributed by atoms with E-state index in [0.29, 0.717) is 18.1 Å². The molecule has 3 aromatic rings. The minimum absolute atomic E-state index is 0.00529. The lowest BCUT2D eigenvalue weighted by Gasteiger charge is -2.36. The zero-order valence-corrected chi connectivity index (χ0v) is 19.9. The number of anilines is 1. The Balaban J connectivity index is 1.56. The Morgan fingerprint density at radius 3 is 2.76 bits per heavy atom. The van der Waals surface area contributed by atoms with Gasteiger partial charge in [-0.1, -0.05) is 17.7 Å². The van der Waals surface area contributed by atoms with Gasteiger partial charge in [-0.3, -0.25) is 14.6 Å². The van der Waals surface area contributed by atoms with Gasteiger partial charge in [-0.2, -0.15) is 0 Å². The first-order valence-electron chi connectivity index (χ1n) is 11.3. The molecular weight excluding hydrogens is 457 g/mol. The maximum Gasteiger partial charge on any atom is 0.303 e. The van der Waals surface area contributed by atoms with Crippen LogP contribution < -0.4 is 4.90 Å². The SMILES string of the molecule is C[C@@H](C(=O)N1CCC[C@H](CC(=O)O)C1)N(C)c1ccc2c(-c3ccc(F)cc3Cl)ccnc2c1. The molecular formula is C26H27ClFN3O3. The minimum Gasteiger partial charge on any atom is -0.481 e. The second-order valence-corrected chi connectivity index (χ2v) is 9.27. The van der Waals surface area contributed by atoms with Crippen LogP contribution in [0.1, 0.15) is 26.2 Å². The summed E-state index contributed by atoms with van der Waals surface area (Å²) in [5.74, 6) is -1.24. The monoisotopic (exact) mass is 483 g/mol. The predicted octanol–water partition coefficient (Wildman–Crippen LogP) is 5.23. The molecule has 178 valence electrons. The van der Waals surface area contributed by atoms with E-state index in [1.54, 1.807) is 17.2 Å². The Morgan fingerprint density at radius 2 is 2.03 bits per heavy atom. The highest BCUT2D eigenvalue weighted by Crippen LogP contribution is 2.34. The third-order valence-electron chi connectivity index (χ3n) is 6.59. The van der Waals surface area contributed by atoms with Crippen LogP contribution >= 0.6 is 11.6 Å². The highest BCUT2D eigenvalue weighted by Gasteiger charge is 2.29. The normalized spacial score (nSPS) is 16.9. The van der Waals surface area contributed by atoms with Crippen LogP contribution in [-0.4, -0.2) is 53.0 Å². The van der Waals surface area contributed by atoms with Crippen LogP contribution in [0, 0.1) is 11.7 Å². The quantitative estimate of drug-likeness (QED) is 0.519. The number of benzene rings is 2. The molecule has 0 aliphatic carbocycles. The molecule has 1 N–H and O–H groups in total. The number of aromatic nitrogens is 1. The van der Waals surface area contributed by atoms with Crippen molar-refractivity contribution < 1.29 is 19.1 Å². The fourth-order valence-electron chi connectivity index (χ4n) is 4.63. The molecule has 0 spiro atoms. The lowest BCUT2D eigenvalue weighted by Crippen LogP contribution is -2.49. The molecule has 2 atom stereocenters. The second kappa shape index (κ2) is 9.97. The number of likely N-dealkylation sites (tertiary alicyclic amines) is 1. The van der Waals surface area contributed by atoms with Gasteiger partial charge in [0.2, 0.25) is 5.91 Å². The summed E-state index contributed by atoms with van der Waals surface area (Å²) < 4.78 is 13.5. The van der Waals surface area contributed by atoms with E-state index in [1.165, 1.54) is 12.1 Å². The number of carbonyl (C=O) groups excluding carboxylic acids is 1. The lowest BCUT2D eigenvalue weighted by atomic mass is 9.94. The van der Waals surface area contributed by atoms with Gasteiger partial charge in [-0.15, -0.1) is 0 Å². The smallest absolute Gasteiger partial charge is 0.303 e. The maximum atomic E-state index is 13.5. The van der Waals surface area contributed by atoms with Crippen LogP contribution in [0.2, 0.25) is 5.02 Å². The fourth-order valence-corrected chi connectivity index (χ4v) is 4.90. The number of carbonyl (C=O) groups is 2. The van der Waals surface area contributed by atoms with Crippen molar-refractivity contribution in [1.82, 2.24) is 9.88 Å². The van der Waals surface area contributed by atoms with Gasteiger partial charge in [-0.25, -0.2) is 4.39 Å². The standard InChI is InChI=1S/C26H27ClFN3O3/c1-16(26(34)31-11-3-4-17(15-31)12-25(32)33)30(2)19-6-8-22-20(9-10-29-24(22)14-19)21-7-5-18(28)13-23(21)27/h5-10,13-14,16-17H,3-4,11-12,15H2,1-2H3,(H,32,33)/t16-,17+/m0/s1. The molecule has 1 saturated heterocycles. The van der Waals surface area contributed by atoms with Gasteiger partial charge in [-0.05, 0) is 67.6 Å². The number of nitrogens with zero attached hydrogens (tertiary/aromatic N) is 3. The minimum atomic E-state index is -0.825. The largest absolute Gasteiger partial charge is 0.481 e. The van der Waals surface area contributed by atoms with E-state index in [2.05, 4.69) is 4.98 Å². The number of halogens is 2. The summed E-state index contributed by atoms with van der Waals surface area (Å²) in [7, 11) is 1.86. The molecule has 1 amide bonds. The number of piperidine rings is 1. The Morgan fingerprint density at radius 1 is 1.24 bits per heavy atom. The van der Waals surface area contributed by atoms with Crippen molar-refractivity contribution in [1.29, 1.82) is 0 Å². The summed E-state index contributed by atoms with van der Waals surface area (Å²) in [4.78, 5) is 32.5. The van der Waals surface area contributed by atoms with E-state index in [0.717, 1.165) is 40.6 Å². The first-order chi connectivity index (χ1) is 16.2. The zero-order chi connectivity index (χ0) is 24.4. The summed E-state index contributed by atoms with van der Waals surface area (Å²) in [5.41, 5.74) is 3.15. The number of aliphatic carboxylic acids is 1. The molecule has 1 aliphatic rings. The third-order valence-corrected chi connectivity index (χ3v) is 6.90. The summed E-state index contributed by atoms with van der Waals surface area (Å²) in [6.45, 7) is 2.98. The van der Waals surface area contributed by atoms with Crippen molar-refractivity contribution in [2.24, 2.45) is 5.92 Å². The molecule has 2 aromatic carbocycles. The van der Waals surface area contributed by atoms with E-state index in [9.17, 15) is 14.0 Å². The summed E-state index contributed by atoms with van der Waals surface area (Å²) in [5, 5.41) is 10.3. The second-order valence-electron chi connectivity index (χ2n) is 8.86. The molecule has 2 heterocycles. The first kappa shape index (κ1) is 24.0. The molecule has 1 aromatic heterocycles. The number of carboxylic acids is 1. The van der Waals surface area contributed by atoms with Gasteiger partial charge in [0, 0.05) is 49.4 Å². The maximum absolute atomic E-state index is 13.5. The van der Waals surface area contributed by atoms with Gasteiger partial charge in [0.25, 0.3) is 0 Å². The van der Waals surface area contributed by atoms with Crippen LogP contribution in [0.3, 0.4) is 0 Å². The highest BCUT2D eigenvalue weighted by molar-refractivity contribution is 6.33. The molecule has 0 saturated carbocycles. The molecule has 0 unspecified atom stereocenters. The highest BCUT2D eigenvalue weighted by atomic mass is 35.5. The summed E-state index contributed by atoms with van der Waals surface area (Å²) >= 11 is 6.29. The number of amides is 1. The zero-order valence-electron chi connectivity index (χ0n) is 19.2. The van der Waals surface area contributed by atoms with E-state index in [-0.39, 0.29) is 18.2 Å². The molecule has 0 radical (unpaired) electrons. The van der Waals surface area contributed by atoms with Crippen LogP contribution in [0.15, 0.2) is 48.7 Å². The van der Waals surface area contributed by atoms with Crippen LogP contribution in [0.4, 0.5) is 10.1 Å². The summed E-state index contributed by atoms with van der Waals surface area (Å²) in [6.07, 6.45) is 3.42. The Hall–Kier alpha value is -3.19. The number of hydrogen-bond donors (Lipinski definition) is 1. The van der Waals surface area contributed by atoms with Crippen LogP contribution in [0.5, 0.6) is 0 Å². The van der Waals surface area contributed by atoms with Gasteiger partial charge in [0.15, 0.2) is 0 Å². The van der Waals surface area contributed by atoms with Gasteiger partial charge < -0.3 is 14.9 Å². The van der Waals surface area contributed by atoms with Crippen LogP contribution in [0.25, 0.3) is 22.0 Å². The third kappa shape index (κ3) is 4.99. The Kier molecular flexibility index (Phi) is 7.03. The number of fused-ring (bicyclic) bond motifs is 1. The van der Waals surface area contributed by atoms with Crippen molar-refractivity contribution in [2.45, 2.75) is 32.2 Å². The van der Waals surface area contributed by atoms with Crippen LogP contribution in [-0.2, 0) is 9.59 Å². The van der Waals surface area contributed by atoms with Gasteiger partial charge >= 0.3 is 5.97 Å². The molecule has 4 rings (SSSR count). The topological polar surface area (TPSA) is 73.7 Å².